The molecular formula is C14H20N4O. The highest BCUT2D eigenvalue weighted by molar-refractivity contribution is 5.10. The van der Waals surface area contributed by atoms with Crippen LogP contribution >= 0.6 is 0 Å². The summed E-state index contributed by atoms with van der Waals surface area (Å²) in [4.78, 5) is 4.40. The molecule has 0 spiro atoms. The molecule has 2 aromatic heterocycles. The summed E-state index contributed by atoms with van der Waals surface area (Å²) in [6.45, 7) is 1.67. The van der Waals surface area contributed by atoms with Crippen LogP contribution in [0, 0.1) is 0 Å². The third-order valence-corrected chi connectivity index (χ3v) is 3.67. The number of aryl methyl sites for hydroxylation is 2. The molecule has 0 bridgehead atoms. The molecule has 3 heterocycles. The Labute approximate surface area is 113 Å². The van der Waals surface area contributed by atoms with E-state index >= 15 is 0 Å². The van der Waals surface area contributed by atoms with Gasteiger partial charge in [-0.15, -0.1) is 0 Å². The zero-order valence-corrected chi connectivity index (χ0v) is 11.4. The lowest BCUT2D eigenvalue weighted by atomic mass is 10.1. The SMILES string of the molecule is Cn1ccc(CN[C@H]2CCO[C@@H]2c2nccn2C)c1. The molecule has 19 heavy (non-hydrogen) atoms. The van der Waals surface area contributed by atoms with E-state index in [1.54, 1.807) is 0 Å². The van der Waals surface area contributed by atoms with E-state index in [1.165, 1.54) is 5.56 Å². The Balaban J connectivity index is 1.65. The molecule has 2 atom stereocenters. The smallest absolute Gasteiger partial charge is 0.139 e. The van der Waals surface area contributed by atoms with E-state index in [0.29, 0.717) is 6.04 Å². The Hall–Kier alpha value is -1.59. The lowest BCUT2D eigenvalue weighted by Gasteiger charge is -2.19. The number of hydrogen-bond acceptors (Lipinski definition) is 3. The van der Waals surface area contributed by atoms with Gasteiger partial charge in [0.15, 0.2) is 0 Å². The Bertz CT molecular complexity index is 545. The van der Waals surface area contributed by atoms with E-state index in [0.717, 1.165) is 25.4 Å². The molecule has 1 fully saturated rings. The second-order valence-electron chi connectivity index (χ2n) is 5.15. The standard InChI is InChI=1S/C14H20N4O/c1-17-6-3-11(10-17)9-16-12-4-8-19-13(12)14-15-5-7-18(14)2/h3,5-7,10,12-13,16H,4,8-9H2,1-2H3/t12-,13-/m0/s1. The molecule has 2 aromatic rings. The summed E-state index contributed by atoms with van der Waals surface area (Å²) < 4.78 is 9.94. The zero-order valence-electron chi connectivity index (χ0n) is 11.4. The van der Waals surface area contributed by atoms with Gasteiger partial charge in [0.1, 0.15) is 11.9 Å². The first kappa shape index (κ1) is 12.4. The molecule has 0 amide bonds. The molecular weight excluding hydrogens is 240 g/mol. The van der Waals surface area contributed by atoms with Gasteiger partial charge in [-0.3, -0.25) is 0 Å². The fourth-order valence-corrected chi connectivity index (χ4v) is 2.62. The highest BCUT2D eigenvalue weighted by Crippen LogP contribution is 2.27. The van der Waals surface area contributed by atoms with Crippen LogP contribution in [0.5, 0.6) is 0 Å². The second-order valence-corrected chi connectivity index (χ2v) is 5.15. The minimum Gasteiger partial charge on any atom is -0.369 e. The second kappa shape index (κ2) is 5.19. The van der Waals surface area contributed by atoms with E-state index in [-0.39, 0.29) is 6.10 Å². The third-order valence-electron chi connectivity index (χ3n) is 3.67. The molecule has 0 aliphatic carbocycles. The average molecular weight is 260 g/mol. The van der Waals surface area contributed by atoms with Crippen LogP contribution in [0.2, 0.25) is 0 Å². The maximum absolute atomic E-state index is 5.83. The summed E-state index contributed by atoms with van der Waals surface area (Å²) in [7, 11) is 4.05. The summed E-state index contributed by atoms with van der Waals surface area (Å²) in [5.74, 6) is 1.00. The fraction of sp³-hybridized carbons (Fsp3) is 0.500. The van der Waals surface area contributed by atoms with Crippen molar-refractivity contribution in [3.8, 4) is 0 Å². The van der Waals surface area contributed by atoms with Crippen molar-refractivity contribution in [1.29, 1.82) is 0 Å². The summed E-state index contributed by atoms with van der Waals surface area (Å²) >= 11 is 0. The molecule has 1 saturated heterocycles. The van der Waals surface area contributed by atoms with Crippen LogP contribution in [0.25, 0.3) is 0 Å². The average Bonchev–Trinajstić information content (AvgIpc) is 3.07. The van der Waals surface area contributed by atoms with Crippen LogP contribution in [0.4, 0.5) is 0 Å². The van der Waals surface area contributed by atoms with Crippen molar-refractivity contribution in [2.45, 2.75) is 25.1 Å². The van der Waals surface area contributed by atoms with Crippen molar-refractivity contribution in [1.82, 2.24) is 19.4 Å². The number of nitrogens with one attached hydrogen (secondary N) is 1. The Morgan fingerprint density at radius 2 is 2.32 bits per heavy atom. The Morgan fingerprint density at radius 1 is 1.42 bits per heavy atom. The number of ether oxygens (including phenoxy) is 1. The van der Waals surface area contributed by atoms with Gasteiger partial charge in [0.05, 0.1) is 0 Å². The van der Waals surface area contributed by atoms with E-state index in [2.05, 4.69) is 33.3 Å². The third kappa shape index (κ3) is 2.57. The van der Waals surface area contributed by atoms with Crippen LogP contribution in [0.3, 0.4) is 0 Å². The molecule has 102 valence electrons. The van der Waals surface area contributed by atoms with Crippen LogP contribution in [0.1, 0.15) is 23.9 Å². The minimum absolute atomic E-state index is 0.0590. The summed E-state index contributed by atoms with van der Waals surface area (Å²) in [6.07, 6.45) is 9.08. The molecule has 5 nitrogen and oxygen atoms in total. The van der Waals surface area contributed by atoms with Crippen molar-refractivity contribution in [3.63, 3.8) is 0 Å². The first-order chi connectivity index (χ1) is 9.24. The van der Waals surface area contributed by atoms with Gasteiger partial charge in [-0.25, -0.2) is 4.98 Å². The van der Waals surface area contributed by atoms with Crippen molar-refractivity contribution in [2.24, 2.45) is 14.1 Å². The van der Waals surface area contributed by atoms with Gasteiger partial charge >= 0.3 is 0 Å². The van der Waals surface area contributed by atoms with Gasteiger partial charge < -0.3 is 19.2 Å². The predicted molar refractivity (Wildman–Crippen MR) is 72.6 cm³/mol. The first-order valence-electron chi connectivity index (χ1n) is 6.67. The Morgan fingerprint density at radius 3 is 3.00 bits per heavy atom. The highest BCUT2D eigenvalue weighted by Gasteiger charge is 2.31. The highest BCUT2D eigenvalue weighted by atomic mass is 16.5. The molecule has 1 N–H and O–H groups in total. The minimum atomic E-state index is 0.0590. The largest absolute Gasteiger partial charge is 0.369 e. The van der Waals surface area contributed by atoms with Crippen molar-refractivity contribution < 1.29 is 4.74 Å². The number of hydrogen-bond donors (Lipinski definition) is 1. The molecule has 3 rings (SSSR count). The first-order valence-corrected chi connectivity index (χ1v) is 6.67. The monoisotopic (exact) mass is 260 g/mol. The number of imidazole rings is 1. The number of nitrogens with zero attached hydrogens (tertiary/aromatic N) is 3. The van der Waals surface area contributed by atoms with Gasteiger partial charge in [-0.05, 0) is 18.1 Å². The summed E-state index contributed by atoms with van der Waals surface area (Å²) in [5.41, 5.74) is 1.30. The quantitative estimate of drug-likeness (QED) is 0.903. The van der Waals surface area contributed by atoms with Crippen molar-refractivity contribution in [3.05, 3.63) is 42.2 Å². The molecule has 0 aromatic carbocycles. The van der Waals surface area contributed by atoms with E-state index in [1.807, 2.05) is 31.1 Å². The van der Waals surface area contributed by atoms with Crippen LogP contribution in [0.15, 0.2) is 30.9 Å². The fourth-order valence-electron chi connectivity index (χ4n) is 2.62. The zero-order chi connectivity index (χ0) is 13.2. The van der Waals surface area contributed by atoms with Gasteiger partial charge in [-0.1, -0.05) is 0 Å². The van der Waals surface area contributed by atoms with Crippen LogP contribution < -0.4 is 5.32 Å². The molecule has 1 aliphatic rings. The van der Waals surface area contributed by atoms with Crippen molar-refractivity contribution in [2.75, 3.05) is 6.61 Å². The molecule has 0 unspecified atom stereocenters. The van der Waals surface area contributed by atoms with E-state index in [9.17, 15) is 0 Å². The maximum atomic E-state index is 5.83. The van der Waals surface area contributed by atoms with Crippen LogP contribution in [-0.4, -0.2) is 26.8 Å². The normalized spacial score (nSPS) is 23.1. The summed E-state index contributed by atoms with van der Waals surface area (Å²) in [6, 6.07) is 2.47. The molecule has 0 radical (unpaired) electrons. The number of rotatable bonds is 4. The van der Waals surface area contributed by atoms with Gasteiger partial charge in [0.25, 0.3) is 0 Å². The van der Waals surface area contributed by atoms with Gasteiger partial charge in [0.2, 0.25) is 0 Å². The topological polar surface area (TPSA) is 44.0 Å². The van der Waals surface area contributed by atoms with E-state index < -0.39 is 0 Å². The molecule has 5 heteroatoms. The molecule has 1 aliphatic heterocycles. The predicted octanol–water partition coefficient (Wildman–Crippen LogP) is 1.38. The van der Waals surface area contributed by atoms with Gasteiger partial charge in [-0.2, -0.15) is 0 Å². The lowest BCUT2D eigenvalue weighted by Crippen LogP contribution is -2.32. The van der Waals surface area contributed by atoms with E-state index in [4.69, 9.17) is 4.74 Å². The lowest BCUT2D eigenvalue weighted by molar-refractivity contribution is 0.0893. The Kier molecular flexibility index (Phi) is 3.40. The summed E-state index contributed by atoms with van der Waals surface area (Å²) in [5, 5.41) is 3.59. The van der Waals surface area contributed by atoms with Gasteiger partial charge in [0, 0.05) is 58.1 Å². The van der Waals surface area contributed by atoms with Crippen LogP contribution in [-0.2, 0) is 25.4 Å². The van der Waals surface area contributed by atoms with Crippen molar-refractivity contribution >= 4 is 0 Å². The number of aromatic nitrogens is 3. The maximum Gasteiger partial charge on any atom is 0.139 e. The molecule has 0 saturated carbocycles.